The first kappa shape index (κ1) is 17.0. The number of hydrogen-bond donors (Lipinski definition) is 2. The molecule has 2 N–H and O–H groups in total. The lowest BCUT2D eigenvalue weighted by molar-refractivity contribution is -0.140. The summed E-state index contributed by atoms with van der Waals surface area (Å²) in [6.07, 6.45) is 0.728. The lowest BCUT2D eigenvalue weighted by Crippen LogP contribution is -2.37. The van der Waals surface area contributed by atoms with Crippen molar-refractivity contribution >= 4 is 29.4 Å². The first-order valence-electron chi connectivity index (χ1n) is 6.40. The van der Waals surface area contributed by atoms with Crippen LogP contribution in [0.5, 0.6) is 0 Å². The number of carbonyl (C=O) groups excluding carboxylic acids is 3. The number of methoxy groups -OCH3 is 1. The predicted octanol–water partition coefficient (Wildman–Crippen LogP) is 1.14. The molecule has 1 aromatic carbocycles. The second-order valence-corrected chi connectivity index (χ2v) is 4.66. The molecule has 0 saturated heterocycles. The SMILES string of the molecule is COC(=O)CCCNC(=O)CNC(=O)c1cccc(Cl)c1. The van der Waals surface area contributed by atoms with Crippen LogP contribution in [-0.4, -0.2) is 38.0 Å². The molecule has 114 valence electrons. The zero-order chi connectivity index (χ0) is 15.7. The maximum absolute atomic E-state index is 11.7. The van der Waals surface area contributed by atoms with Gasteiger partial charge in [0.1, 0.15) is 0 Å². The lowest BCUT2D eigenvalue weighted by atomic mass is 10.2. The van der Waals surface area contributed by atoms with Gasteiger partial charge in [-0.2, -0.15) is 0 Å². The van der Waals surface area contributed by atoms with Crippen molar-refractivity contribution in [2.75, 3.05) is 20.2 Å². The standard InChI is InChI=1S/C14H17ClN2O4/c1-21-13(19)6-3-7-16-12(18)9-17-14(20)10-4-2-5-11(15)8-10/h2,4-5,8H,3,6-7,9H2,1H3,(H,16,18)(H,17,20). The Bertz CT molecular complexity index is 519. The average molecular weight is 313 g/mol. The van der Waals surface area contributed by atoms with E-state index < -0.39 is 0 Å². The van der Waals surface area contributed by atoms with Gasteiger partial charge in [-0.1, -0.05) is 17.7 Å². The number of amides is 2. The third-order valence-electron chi connectivity index (χ3n) is 2.60. The van der Waals surface area contributed by atoms with Crippen LogP contribution in [0.15, 0.2) is 24.3 Å². The summed E-state index contributed by atoms with van der Waals surface area (Å²) < 4.78 is 4.48. The van der Waals surface area contributed by atoms with Gasteiger partial charge in [0.05, 0.1) is 13.7 Å². The Morgan fingerprint density at radius 1 is 1.24 bits per heavy atom. The fourth-order valence-electron chi connectivity index (χ4n) is 1.52. The van der Waals surface area contributed by atoms with Gasteiger partial charge in [-0.05, 0) is 24.6 Å². The van der Waals surface area contributed by atoms with Crippen LogP contribution in [0.25, 0.3) is 0 Å². The zero-order valence-corrected chi connectivity index (χ0v) is 12.4. The van der Waals surface area contributed by atoms with E-state index in [-0.39, 0.29) is 30.7 Å². The van der Waals surface area contributed by atoms with E-state index in [1.807, 2.05) is 0 Å². The highest BCUT2D eigenvalue weighted by molar-refractivity contribution is 6.30. The normalized spacial score (nSPS) is 9.81. The zero-order valence-electron chi connectivity index (χ0n) is 11.6. The van der Waals surface area contributed by atoms with Crippen molar-refractivity contribution in [3.63, 3.8) is 0 Å². The molecular weight excluding hydrogens is 296 g/mol. The Kier molecular flexibility index (Phi) is 7.25. The van der Waals surface area contributed by atoms with E-state index in [2.05, 4.69) is 15.4 Å². The minimum absolute atomic E-state index is 0.135. The van der Waals surface area contributed by atoms with E-state index >= 15 is 0 Å². The summed E-state index contributed by atoms with van der Waals surface area (Å²) in [6.45, 7) is 0.213. The molecule has 0 bridgehead atoms. The van der Waals surface area contributed by atoms with E-state index in [4.69, 9.17) is 11.6 Å². The van der Waals surface area contributed by atoms with E-state index in [0.29, 0.717) is 23.6 Å². The van der Waals surface area contributed by atoms with Gasteiger partial charge in [-0.25, -0.2) is 0 Å². The molecule has 0 fully saturated rings. The number of esters is 1. The molecule has 1 rings (SSSR count). The van der Waals surface area contributed by atoms with E-state index in [1.54, 1.807) is 18.2 Å². The second kappa shape index (κ2) is 8.97. The molecule has 21 heavy (non-hydrogen) atoms. The largest absolute Gasteiger partial charge is 0.469 e. The van der Waals surface area contributed by atoms with Gasteiger partial charge in [0.25, 0.3) is 5.91 Å². The van der Waals surface area contributed by atoms with Crippen molar-refractivity contribution < 1.29 is 19.1 Å². The van der Waals surface area contributed by atoms with Crippen LogP contribution in [-0.2, 0) is 14.3 Å². The number of hydrogen-bond acceptors (Lipinski definition) is 4. The summed E-state index contributed by atoms with van der Waals surface area (Å²) in [4.78, 5) is 34.1. The summed E-state index contributed by atoms with van der Waals surface area (Å²) in [7, 11) is 1.31. The average Bonchev–Trinajstić information content (AvgIpc) is 2.48. The number of benzene rings is 1. The van der Waals surface area contributed by atoms with Gasteiger partial charge in [0.15, 0.2) is 0 Å². The maximum Gasteiger partial charge on any atom is 0.305 e. The van der Waals surface area contributed by atoms with Crippen LogP contribution in [0, 0.1) is 0 Å². The minimum Gasteiger partial charge on any atom is -0.469 e. The Morgan fingerprint density at radius 2 is 2.00 bits per heavy atom. The van der Waals surface area contributed by atoms with Crippen LogP contribution in [0.4, 0.5) is 0 Å². The summed E-state index contributed by atoms with van der Waals surface area (Å²) in [6, 6.07) is 6.44. The van der Waals surface area contributed by atoms with Gasteiger partial charge in [0, 0.05) is 23.6 Å². The molecule has 6 nitrogen and oxygen atoms in total. The smallest absolute Gasteiger partial charge is 0.305 e. The van der Waals surface area contributed by atoms with Gasteiger partial charge in [0.2, 0.25) is 5.91 Å². The summed E-state index contributed by atoms with van der Waals surface area (Å²) in [5, 5.41) is 5.53. The highest BCUT2D eigenvalue weighted by atomic mass is 35.5. The number of rotatable bonds is 7. The Labute approximate surface area is 127 Å². The molecule has 2 amide bonds. The van der Waals surface area contributed by atoms with Crippen molar-refractivity contribution in [2.45, 2.75) is 12.8 Å². The first-order valence-corrected chi connectivity index (χ1v) is 6.78. The van der Waals surface area contributed by atoms with Crippen molar-refractivity contribution in [1.29, 1.82) is 0 Å². The summed E-state index contributed by atoms with van der Waals surface area (Å²) in [5.74, 6) is -1.02. The Hall–Kier alpha value is -2.08. The van der Waals surface area contributed by atoms with Gasteiger partial charge >= 0.3 is 5.97 Å². The number of ether oxygens (including phenoxy) is 1. The molecular formula is C14H17ClN2O4. The predicted molar refractivity (Wildman–Crippen MR) is 78.0 cm³/mol. The molecule has 0 radical (unpaired) electrons. The molecule has 0 unspecified atom stereocenters. The van der Waals surface area contributed by atoms with Crippen LogP contribution in [0.1, 0.15) is 23.2 Å². The molecule has 0 atom stereocenters. The van der Waals surface area contributed by atoms with Crippen LogP contribution in [0.3, 0.4) is 0 Å². The first-order chi connectivity index (χ1) is 10.0. The molecule has 0 aliphatic carbocycles. The third-order valence-corrected chi connectivity index (χ3v) is 2.84. The fraction of sp³-hybridized carbons (Fsp3) is 0.357. The van der Waals surface area contributed by atoms with Gasteiger partial charge in [-0.3, -0.25) is 14.4 Å². The topological polar surface area (TPSA) is 84.5 Å². The number of carbonyl (C=O) groups is 3. The quantitative estimate of drug-likeness (QED) is 0.584. The Balaban J connectivity index is 2.24. The highest BCUT2D eigenvalue weighted by Crippen LogP contribution is 2.10. The maximum atomic E-state index is 11.7. The fourth-order valence-corrected chi connectivity index (χ4v) is 1.71. The molecule has 0 aliphatic heterocycles. The monoisotopic (exact) mass is 312 g/mol. The molecule has 0 heterocycles. The molecule has 1 aromatic rings. The van der Waals surface area contributed by atoms with Crippen LogP contribution in [0.2, 0.25) is 5.02 Å². The molecule has 0 aliphatic rings. The third kappa shape index (κ3) is 6.76. The number of halogens is 1. The van der Waals surface area contributed by atoms with Crippen LogP contribution >= 0.6 is 11.6 Å². The second-order valence-electron chi connectivity index (χ2n) is 4.22. The summed E-state index contributed by atoms with van der Waals surface area (Å²) in [5.41, 5.74) is 0.390. The van der Waals surface area contributed by atoms with Crippen LogP contribution < -0.4 is 10.6 Å². The van der Waals surface area contributed by atoms with Crippen molar-refractivity contribution in [2.24, 2.45) is 0 Å². The molecule has 7 heteroatoms. The van der Waals surface area contributed by atoms with E-state index in [0.717, 1.165) is 0 Å². The number of nitrogens with one attached hydrogen (secondary N) is 2. The van der Waals surface area contributed by atoms with Crippen molar-refractivity contribution in [3.05, 3.63) is 34.9 Å². The molecule has 0 aromatic heterocycles. The van der Waals surface area contributed by atoms with Gasteiger partial charge in [-0.15, -0.1) is 0 Å². The Morgan fingerprint density at radius 3 is 2.67 bits per heavy atom. The van der Waals surface area contributed by atoms with E-state index in [1.165, 1.54) is 13.2 Å². The van der Waals surface area contributed by atoms with Gasteiger partial charge < -0.3 is 15.4 Å². The van der Waals surface area contributed by atoms with E-state index in [9.17, 15) is 14.4 Å². The molecule has 0 spiro atoms. The highest BCUT2D eigenvalue weighted by Gasteiger charge is 2.08. The van der Waals surface area contributed by atoms with Crippen molar-refractivity contribution in [3.8, 4) is 0 Å². The minimum atomic E-state index is -0.373. The molecule has 0 saturated carbocycles. The lowest BCUT2D eigenvalue weighted by Gasteiger charge is -2.07. The summed E-state index contributed by atoms with van der Waals surface area (Å²) >= 11 is 5.78. The van der Waals surface area contributed by atoms with Crippen molar-refractivity contribution in [1.82, 2.24) is 10.6 Å².